The van der Waals surface area contributed by atoms with Crippen molar-refractivity contribution >= 4 is 39.2 Å². The zero-order valence-electron chi connectivity index (χ0n) is 20.1. The number of anilines is 1. The van der Waals surface area contributed by atoms with E-state index >= 15 is 0 Å². The topological polar surface area (TPSA) is 117 Å². The third kappa shape index (κ3) is 4.60. The summed E-state index contributed by atoms with van der Waals surface area (Å²) < 4.78 is 23.9. The van der Waals surface area contributed by atoms with E-state index < -0.39 is 0 Å². The number of pyridine rings is 1. The zero-order chi connectivity index (χ0) is 25.2. The average Bonchev–Trinajstić information content (AvgIpc) is 3.25. The van der Waals surface area contributed by atoms with Gasteiger partial charge < -0.3 is 29.7 Å². The Kier molecular flexibility index (Phi) is 7.01. The Morgan fingerprint density at radius 2 is 1.94 bits per heavy atom. The van der Waals surface area contributed by atoms with E-state index in [9.17, 15) is 4.79 Å². The van der Waals surface area contributed by atoms with Crippen molar-refractivity contribution in [2.45, 2.75) is 12.6 Å². The number of aromatic nitrogens is 3. The summed E-state index contributed by atoms with van der Waals surface area (Å²) in [5.41, 5.74) is 7.65. The largest absolute Gasteiger partial charge is 0.497 e. The van der Waals surface area contributed by atoms with Crippen LogP contribution < -0.4 is 20.8 Å². The molecule has 11 heteroatoms. The first kappa shape index (κ1) is 24.4. The molecular formula is C25H28ClN5O5. The number of hydrogen-bond donors (Lipinski definition) is 2. The number of halogens is 1. The van der Waals surface area contributed by atoms with E-state index in [2.05, 4.69) is 15.0 Å². The van der Waals surface area contributed by atoms with Crippen molar-refractivity contribution in [1.29, 1.82) is 0 Å². The number of hydrogen-bond acceptors (Lipinski definition) is 8. The van der Waals surface area contributed by atoms with Crippen LogP contribution in [0.3, 0.4) is 0 Å². The van der Waals surface area contributed by atoms with E-state index in [1.54, 1.807) is 38.5 Å². The van der Waals surface area contributed by atoms with E-state index in [4.69, 9.17) is 36.3 Å². The van der Waals surface area contributed by atoms with Crippen LogP contribution in [0.2, 0.25) is 5.02 Å². The lowest BCUT2D eigenvalue weighted by atomic mass is 10.1. The molecule has 0 saturated carbocycles. The molecule has 1 saturated heterocycles. The molecular weight excluding hydrogens is 486 g/mol. The van der Waals surface area contributed by atoms with Crippen LogP contribution in [0.4, 0.5) is 5.82 Å². The monoisotopic (exact) mass is 513 g/mol. The molecule has 1 fully saturated rings. The normalized spacial score (nSPS) is 15.4. The maximum atomic E-state index is 12.9. The molecule has 1 aliphatic heterocycles. The van der Waals surface area contributed by atoms with Crippen LogP contribution in [0.5, 0.6) is 11.5 Å². The summed E-state index contributed by atoms with van der Waals surface area (Å²) >= 11 is 6.42. The Morgan fingerprint density at radius 1 is 1.17 bits per heavy atom. The third-order valence-electron chi connectivity index (χ3n) is 6.38. The van der Waals surface area contributed by atoms with E-state index in [1.165, 1.54) is 4.68 Å². The van der Waals surface area contributed by atoms with Gasteiger partial charge in [0.1, 0.15) is 34.4 Å². The number of morpholine rings is 1. The van der Waals surface area contributed by atoms with Gasteiger partial charge in [0.15, 0.2) is 0 Å². The number of aromatic amines is 1. The standard InChI is InChI=1S/C25H28ClN5O5/c1-33-15-3-5-18(26)20(14-15)31-24(27)22-23(29-31)17-13-16(4-6-19(17)28-25(22)32)36-10-7-21(34-2)30-8-11-35-12-9-30/h3-6,13-14,21H,7-12,27H2,1-2H3,(H,28,32). The Morgan fingerprint density at radius 3 is 2.69 bits per heavy atom. The summed E-state index contributed by atoms with van der Waals surface area (Å²) in [4.78, 5) is 18.0. The fourth-order valence-electron chi connectivity index (χ4n) is 4.50. The van der Waals surface area contributed by atoms with Gasteiger partial charge in [0, 0.05) is 38.1 Å². The lowest BCUT2D eigenvalue weighted by molar-refractivity contribution is -0.0855. The highest BCUT2D eigenvalue weighted by Crippen LogP contribution is 2.32. The molecule has 0 radical (unpaired) electrons. The molecule has 0 bridgehead atoms. The van der Waals surface area contributed by atoms with Crippen molar-refractivity contribution in [1.82, 2.24) is 19.7 Å². The summed E-state index contributed by atoms with van der Waals surface area (Å²) in [7, 11) is 3.27. The molecule has 0 aliphatic carbocycles. The molecule has 190 valence electrons. The predicted molar refractivity (Wildman–Crippen MR) is 138 cm³/mol. The van der Waals surface area contributed by atoms with Gasteiger partial charge in [-0.1, -0.05) is 11.6 Å². The van der Waals surface area contributed by atoms with Gasteiger partial charge in [-0.3, -0.25) is 9.69 Å². The van der Waals surface area contributed by atoms with Gasteiger partial charge >= 0.3 is 0 Å². The highest BCUT2D eigenvalue weighted by Gasteiger charge is 2.21. The fraction of sp³-hybridized carbons (Fsp3) is 0.360. The molecule has 2 aromatic heterocycles. The van der Waals surface area contributed by atoms with Crippen LogP contribution in [0.1, 0.15) is 6.42 Å². The molecule has 2 aromatic carbocycles. The first-order valence-electron chi connectivity index (χ1n) is 11.7. The Balaban J connectivity index is 1.46. The van der Waals surface area contributed by atoms with Crippen molar-refractivity contribution in [3.8, 4) is 17.2 Å². The molecule has 3 heterocycles. The van der Waals surface area contributed by atoms with Crippen LogP contribution in [0.25, 0.3) is 27.5 Å². The highest BCUT2D eigenvalue weighted by atomic mass is 35.5. The molecule has 1 unspecified atom stereocenters. The average molecular weight is 514 g/mol. The summed E-state index contributed by atoms with van der Waals surface area (Å²) in [5.74, 6) is 1.43. The van der Waals surface area contributed by atoms with Crippen molar-refractivity contribution in [2.24, 2.45) is 0 Å². The molecule has 0 spiro atoms. The molecule has 1 aliphatic rings. The fourth-order valence-corrected chi connectivity index (χ4v) is 4.70. The minimum atomic E-state index is -0.331. The van der Waals surface area contributed by atoms with Crippen molar-refractivity contribution in [3.05, 3.63) is 51.8 Å². The number of nitrogens with two attached hydrogens (primary N) is 1. The highest BCUT2D eigenvalue weighted by molar-refractivity contribution is 6.32. The minimum Gasteiger partial charge on any atom is -0.497 e. The maximum absolute atomic E-state index is 12.9. The minimum absolute atomic E-state index is 0.0412. The lowest BCUT2D eigenvalue weighted by Gasteiger charge is -2.33. The first-order chi connectivity index (χ1) is 17.5. The first-order valence-corrected chi connectivity index (χ1v) is 12.0. The zero-order valence-corrected chi connectivity index (χ0v) is 20.9. The molecule has 4 aromatic rings. The predicted octanol–water partition coefficient (Wildman–Crippen LogP) is 3.18. The van der Waals surface area contributed by atoms with Crippen LogP contribution in [0.15, 0.2) is 41.2 Å². The summed E-state index contributed by atoms with van der Waals surface area (Å²) in [6.45, 7) is 3.54. The molecule has 0 amide bonds. The van der Waals surface area contributed by atoms with Crippen molar-refractivity contribution in [3.63, 3.8) is 0 Å². The second kappa shape index (κ2) is 10.4. The second-order valence-corrected chi connectivity index (χ2v) is 8.88. The van der Waals surface area contributed by atoms with Crippen LogP contribution in [0, 0.1) is 0 Å². The quantitative estimate of drug-likeness (QED) is 0.369. The van der Waals surface area contributed by atoms with Gasteiger partial charge in [0.2, 0.25) is 0 Å². The number of H-pyrrole nitrogens is 1. The van der Waals surface area contributed by atoms with Crippen LogP contribution in [-0.4, -0.2) is 73.0 Å². The van der Waals surface area contributed by atoms with Crippen molar-refractivity contribution < 1.29 is 18.9 Å². The second-order valence-electron chi connectivity index (χ2n) is 8.48. The summed E-state index contributed by atoms with van der Waals surface area (Å²) in [5, 5.41) is 6.09. The number of nitrogen functional groups attached to an aromatic ring is 1. The Hall–Kier alpha value is -3.31. The number of fused-ring (bicyclic) bond motifs is 3. The summed E-state index contributed by atoms with van der Waals surface area (Å²) in [6, 6.07) is 10.6. The lowest BCUT2D eigenvalue weighted by Crippen LogP contribution is -2.45. The smallest absolute Gasteiger partial charge is 0.261 e. The van der Waals surface area contributed by atoms with Crippen LogP contribution >= 0.6 is 11.6 Å². The maximum Gasteiger partial charge on any atom is 0.261 e. The summed E-state index contributed by atoms with van der Waals surface area (Å²) in [6.07, 6.45) is 0.659. The molecule has 36 heavy (non-hydrogen) atoms. The van der Waals surface area contributed by atoms with Gasteiger partial charge in [-0.2, -0.15) is 5.10 Å². The molecule has 3 N–H and O–H groups in total. The Labute approximate surface area is 212 Å². The van der Waals surface area contributed by atoms with Gasteiger partial charge in [-0.25, -0.2) is 4.68 Å². The van der Waals surface area contributed by atoms with E-state index in [0.717, 1.165) is 13.1 Å². The number of rotatable bonds is 8. The Bertz CT molecular complexity index is 1450. The molecule has 1 atom stereocenters. The van der Waals surface area contributed by atoms with E-state index in [1.807, 2.05) is 12.1 Å². The van der Waals surface area contributed by atoms with Gasteiger partial charge in [-0.05, 0) is 30.3 Å². The number of ether oxygens (including phenoxy) is 4. The number of benzene rings is 2. The molecule has 5 rings (SSSR count). The van der Waals surface area contributed by atoms with Gasteiger partial charge in [-0.15, -0.1) is 0 Å². The van der Waals surface area contributed by atoms with E-state index in [-0.39, 0.29) is 23.0 Å². The van der Waals surface area contributed by atoms with Gasteiger partial charge in [0.05, 0.1) is 43.2 Å². The van der Waals surface area contributed by atoms with Crippen molar-refractivity contribution in [2.75, 3.05) is 52.9 Å². The van der Waals surface area contributed by atoms with Gasteiger partial charge in [0.25, 0.3) is 5.56 Å². The number of methoxy groups -OCH3 is 2. The third-order valence-corrected chi connectivity index (χ3v) is 6.70. The number of nitrogens with zero attached hydrogens (tertiary/aromatic N) is 3. The van der Waals surface area contributed by atoms with E-state index in [0.29, 0.717) is 64.9 Å². The number of nitrogens with one attached hydrogen (secondary N) is 1. The SMILES string of the molecule is COc1ccc(Cl)c(-n2nc3c(c2N)c(=O)[nH]c2ccc(OCCC(OC)N4CCOCC4)cc23)c1. The molecule has 10 nitrogen and oxygen atoms in total. The van der Waals surface area contributed by atoms with Crippen LogP contribution in [-0.2, 0) is 9.47 Å².